The summed E-state index contributed by atoms with van der Waals surface area (Å²) < 4.78 is 11.1. The van der Waals surface area contributed by atoms with Gasteiger partial charge in [0.05, 0.1) is 18.8 Å². The van der Waals surface area contributed by atoms with Crippen LogP contribution in [0.4, 0.5) is 0 Å². The number of rotatable bonds is 3. The minimum Gasteiger partial charge on any atom is -0.497 e. The van der Waals surface area contributed by atoms with Gasteiger partial charge in [0.2, 0.25) is 5.91 Å². The highest BCUT2D eigenvalue weighted by molar-refractivity contribution is 5.73. The average molecular weight is 402 g/mol. The van der Waals surface area contributed by atoms with Crippen molar-refractivity contribution in [3.63, 3.8) is 0 Å². The topological polar surface area (TPSA) is 84.9 Å². The van der Waals surface area contributed by atoms with Crippen molar-refractivity contribution in [2.24, 2.45) is 11.3 Å². The molecule has 6 heteroatoms. The van der Waals surface area contributed by atoms with Crippen molar-refractivity contribution < 1.29 is 24.2 Å². The predicted molar refractivity (Wildman–Crippen MR) is 108 cm³/mol. The van der Waals surface area contributed by atoms with Crippen molar-refractivity contribution in [2.75, 3.05) is 7.11 Å². The largest absolute Gasteiger partial charge is 0.497 e. The van der Waals surface area contributed by atoms with Crippen molar-refractivity contribution in [3.05, 3.63) is 29.3 Å². The molecule has 1 aromatic carbocycles. The fourth-order valence-electron chi connectivity index (χ4n) is 6.50. The third-order valence-electron chi connectivity index (χ3n) is 7.79. The quantitative estimate of drug-likeness (QED) is 0.761. The highest BCUT2D eigenvalue weighted by Crippen LogP contribution is 2.63. The van der Waals surface area contributed by atoms with Gasteiger partial charge in [0, 0.05) is 25.7 Å². The smallest absolute Gasteiger partial charge is 0.302 e. The van der Waals surface area contributed by atoms with Crippen LogP contribution in [0.15, 0.2) is 18.2 Å². The number of aliphatic hydroxyl groups is 1. The second-order valence-electron chi connectivity index (χ2n) is 9.18. The first-order valence-corrected chi connectivity index (χ1v) is 10.5. The predicted octanol–water partition coefficient (Wildman–Crippen LogP) is 2.71. The summed E-state index contributed by atoms with van der Waals surface area (Å²) in [5.74, 6) is 0.561. The molecule has 0 aromatic heterocycles. The van der Waals surface area contributed by atoms with E-state index in [2.05, 4.69) is 17.4 Å². The van der Waals surface area contributed by atoms with Crippen LogP contribution >= 0.6 is 0 Å². The summed E-state index contributed by atoms with van der Waals surface area (Å²) in [4.78, 5) is 23.7. The van der Waals surface area contributed by atoms with E-state index in [9.17, 15) is 14.7 Å². The van der Waals surface area contributed by atoms with Gasteiger partial charge in [0.25, 0.3) is 0 Å². The number of hydrogen-bond acceptors (Lipinski definition) is 5. The summed E-state index contributed by atoms with van der Waals surface area (Å²) in [6.07, 6.45) is 3.40. The standard InChI is InChI=1S/C23H31NO5/c1-13(25)24-20-12-21(29-14(2)26)22(3)10-9-18-17-7-6-16(28-4)11-15(17)5-8-19(18)23(20,22)27/h6-7,11,18-21,27H,5,8-10,12H2,1-4H3,(H,24,25)/t18-,19-,20-,21+,22-,23+/m1/s1. The maximum Gasteiger partial charge on any atom is 0.302 e. The molecule has 3 aliphatic rings. The Hall–Kier alpha value is -2.08. The first-order chi connectivity index (χ1) is 13.7. The highest BCUT2D eigenvalue weighted by atomic mass is 16.5. The number of carbonyl (C=O) groups excluding carboxylic acids is 2. The summed E-state index contributed by atoms with van der Waals surface area (Å²) in [6.45, 7) is 4.91. The minimum absolute atomic E-state index is 0.000414. The Morgan fingerprint density at radius 2 is 2.00 bits per heavy atom. The fourth-order valence-corrected chi connectivity index (χ4v) is 6.50. The molecule has 0 spiro atoms. The molecule has 4 rings (SSSR count). The second-order valence-corrected chi connectivity index (χ2v) is 9.18. The lowest BCUT2D eigenvalue weighted by Gasteiger charge is -2.57. The number of nitrogens with one attached hydrogen (secondary N) is 1. The number of aryl methyl sites for hydroxylation is 1. The summed E-state index contributed by atoms with van der Waals surface area (Å²) in [6, 6.07) is 5.79. The van der Waals surface area contributed by atoms with Gasteiger partial charge >= 0.3 is 5.97 Å². The van der Waals surface area contributed by atoms with Crippen LogP contribution in [-0.4, -0.2) is 41.8 Å². The molecule has 29 heavy (non-hydrogen) atoms. The van der Waals surface area contributed by atoms with Crippen LogP contribution < -0.4 is 10.1 Å². The Bertz CT molecular complexity index is 839. The van der Waals surface area contributed by atoms with Gasteiger partial charge in [-0.3, -0.25) is 9.59 Å². The molecule has 0 heterocycles. The first kappa shape index (κ1) is 20.2. The molecule has 3 aliphatic carbocycles. The van der Waals surface area contributed by atoms with E-state index in [0.717, 1.165) is 31.4 Å². The van der Waals surface area contributed by atoms with Crippen LogP contribution in [0.5, 0.6) is 5.75 Å². The number of carbonyl (C=O) groups is 2. The monoisotopic (exact) mass is 401 g/mol. The van der Waals surface area contributed by atoms with Crippen molar-refractivity contribution >= 4 is 11.9 Å². The molecule has 158 valence electrons. The zero-order valence-corrected chi connectivity index (χ0v) is 17.7. The Labute approximate surface area is 172 Å². The summed E-state index contributed by atoms with van der Waals surface area (Å²) in [7, 11) is 1.67. The van der Waals surface area contributed by atoms with E-state index in [4.69, 9.17) is 9.47 Å². The van der Waals surface area contributed by atoms with Gasteiger partial charge in [-0.25, -0.2) is 0 Å². The van der Waals surface area contributed by atoms with Crippen LogP contribution in [0.2, 0.25) is 0 Å². The Kier molecular flexibility index (Phi) is 4.88. The average Bonchev–Trinajstić information content (AvgIpc) is 2.88. The minimum atomic E-state index is -1.13. The Morgan fingerprint density at radius 3 is 2.66 bits per heavy atom. The van der Waals surface area contributed by atoms with Crippen LogP contribution in [0.1, 0.15) is 63.5 Å². The number of esters is 1. The summed E-state index contributed by atoms with van der Waals surface area (Å²) in [5, 5.41) is 15.2. The number of benzene rings is 1. The van der Waals surface area contributed by atoms with E-state index in [1.807, 2.05) is 13.0 Å². The van der Waals surface area contributed by atoms with Crippen LogP contribution in [-0.2, 0) is 20.7 Å². The van der Waals surface area contributed by atoms with E-state index in [1.165, 1.54) is 25.0 Å². The lowest BCUT2D eigenvalue weighted by molar-refractivity contribution is -0.187. The van der Waals surface area contributed by atoms with Gasteiger partial charge in [0.1, 0.15) is 11.9 Å². The van der Waals surface area contributed by atoms with Crippen molar-refractivity contribution in [1.82, 2.24) is 5.32 Å². The van der Waals surface area contributed by atoms with E-state index in [0.29, 0.717) is 6.42 Å². The molecule has 6 nitrogen and oxygen atoms in total. The number of amides is 1. The van der Waals surface area contributed by atoms with Gasteiger partial charge in [-0.15, -0.1) is 0 Å². The Morgan fingerprint density at radius 1 is 1.24 bits per heavy atom. The van der Waals surface area contributed by atoms with Gasteiger partial charge in [-0.1, -0.05) is 13.0 Å². The van der Waals surface area contributed by atoms with Gasteiger partial charge in [-0.2, -0.15) is 0 Å². The van der Waals surface area contributed by atoms with Gasteiger partial charge < -0.3 is 19.9 Å². The van der Waals surface area contributed by atoms with Crippen molar-refractivity contribution in [1.29, 1.82) is 0 Å². The van der Waals surface area contributed by atoms with Gasteiger partial charge in [0.15, 0.2) is 0 Å². The van der Waals surface area contributed by atoms with Crippen molar-refractivity contribution in [3.8, 4) is 5.75 Å². The third kappa shape index (κ3) is 2.95. The van der Waals surface area contributed by atoms with E-state index in [1.54, 1.807) is 7.11 Å². The SMILES string of the molecule is COc1ccc2c(c1)CC[C@@H]1[C@@H]2CC[C@]2(C)[C@@H](OC(C)=O)C[C@@H](NC(C)=O)[C@@]12O. The molecule has 0 radical (unpaired) electrons. The second kappa shape index (κ2) is 7.01. The molecule has 0 bridgehead atoms. The van der Waals surface area contributed by atoms with Crippen LogP contribution in [0.3, 0.4) is 0 Å². The zero-order chi connectivity index (χ0) is 21.0. The van der Waals surface area contributed by atoms with E-state index < -0.39 is 23.2 Å². The number of fused-ring (bicyclic) bond motifs is 5. The molecule has 6 atom stereocenters. The molecule has 0 aliphatic heterocycles. The third-order valence-corrected chi connectivity index (χ3v) is 7.79. The maximum absolute atomic E-state index is 12.3. The lowest BCUT2D eigenvalue weighted by Crippen LogP contribution is -2.65. The highest BCUT2D eigenvalue weighted by Gasteiger charge is 2.69. The molecular weight excluding hydrogens is 370 g/mol. The number of ether oxygens (including phenoxy) is 2. The molecule has 2 N–H and O–H groups in total. The number of hydrogen-bond donors (Lipinski definition) is 2. The molecular formula is C23H31NO5. The van der Waals surface area contributed by atoms with Gasteiger partial charge in [-0.05, 0) is 60.8 Å². The Balaban J connectivity index is 1.75. The first-order valence-electron chi connectivity index (χ1n) is 10.5. The molecule has 0 saturated heterocycles. The normalized spacial score (nSPS) is 37.7. The number of methoxy groups -OCH3 is 1. The summed E-state index contributed by atoms with van der Waals surface area (Å²) >= 11 is 0. The van der Waals surface area contributed by atoms with E-state index >= 15 is 0 Å². The lowest BCUT2D eigenvalue weighted by atomic mass is 9.52. The summed E-state index contributed by atoms with van der Waals surface area (Å²) in [5.41, 5.74) is 0.842. The zero-order valence-electron chi connectivity index (χ0n) is 17.7. The molecule has 2 fully saturated rings. The molecule has 1 amide bonds. The van der Waals surface area contributed by atoms with Crippen LogP contribution in [0, 0.1) is 11.3 Å². The molecule has 1 aromatic rings. The molecule has 0 unspecified atom stereocenters. The molecule has 2 saturated carbocycles. The fraction of sp³-hybridized carbons (Fsp3) is 0.652. The van der Waals surface area contributed by atoms with Crippen molar-refractivity contribution in [2.45, 2.75) is 76.5 Å². The maximum atomic E-state index is 12.3. The van der Waals surface area contributed by atoms with E-state index in [-0.39, 0.29) is 23.7 Å². The van der Waals surface area contributed by atoms with Crippen LogP contribution in [0.25, 0.3) is 0 Å².